The van der Waals surface area contributed by atoms with Crippen molar-refractivity contribution >= 4 is 22.7 Å². The molecule has 0 spiro atoms. The topological polar surface area (TPSA) is 78.4 Å². The fraction of sp³-hybridized carbons (Fsp3) is 0.318. The molecule has 0 saturated carbocycles. The van der Waals surface area contributed by atoms with Crippen molar-refractivity contribution in [2.75, 3.05) is 18.4 Å². The number of aliphatic hydroxyl groups is 1. The van der Waals surface area contributed by atoms with Gasteiger partial charge in [-0.15, -0.1) is 0 Å². The van der Waals surface area contributed by atoms with Crippen LogP contribution in [-0.2, 0) is 6.42 Å². The van der Waals surface area contributed by atoms with Crippen LogP contribution in [0.3, 0.4) is 0 Å². The van der Waals surface area contributed by atoms with Crippen LogP contribution in [0.5, 0.6) is 0 Å². The molecule has 3 aromatic rings. The lowest BCUT2D eigenvalue weighted by Crippen LogP contribution is -2.43. The number of nitrogens with one attached hydrogen (secondary N) is 1. The van der Waals surface area contributed by atoms with Crippen LogP contribution in [0, 0.1) is 5.92 Å². The van der Waals surface area contributed by atoms with E-state index in [1.54, 1.807) is 4.90 Å². The van der Waals surface area contributed by atoms with E-state index >= 15 is 0 Å². The molecule has 7 heteroatoms. The Kier molecular flexibility index (Phi) is 6.17. The van der Waals surface area contributed by atoms with E-state index in [-0.39, 0.29) is 18.1 Å². The summed E-state index contributed by atoms with van der Waals surface area (Å²) in [4.78, 5) is 18.8. The Labute approximate surface area is 174 Å². The Morgan fingerprint density at radius 3 is 2.45 bits per heavy atom. The average molecular weight is 409 g/mol. The molecular formula is C22H24N4O2S. The van der Waals surface area contributed by atoms with Gasteiger partial charge in [-0.2, -0.15) is 9.36 Å². The van der Waals surface area contributed by atoms with E-state index in [0.29, 0.717) is 30.5 Å². The van der Waals surface area contributed by atoms with Crippen molar-refractivity contribution in [1.29, 1.82) is 0 Å². The Balaban J connectivity index is 1.28. The number of aliphatic hydroxyl groups excluding tert-OH is 1. The van der Waals surface area contributed by atoms with Crippen LogP contribution >= 0.6 is 11.5 Å². The molecule has 29 heavy (non-hydrogen) atoms. The largest absolute Gasteiger partial charge is 0.392 e. The molecule has 4 rings (SSSR count). The molecule has 1 aliphatic rings. The first kappa shape index (κ1) is 19.5. The second-order valence-corrected chi connectivity index (χ2v) is 8.05. The van der Waals surface area contributed by atoms with Gasteiger partial charge in [0.1, 0.15) is 0 Å². The highest BCUT2D eigenvalue weighted by molar-refractivity contribution is 7.10. The molecule has 1 aliphatic heterocycles. The van der Waals surface area contributed by atoms with Gasteiger partial charge in [-0.25, -0.2) is 4.79 Å². The quantitative estimate of drug-likeness (QED) is 0.668. The van der Waals surface area contributed by atoms with Crippen molar-refractivity contribution in [3.8, 4) is 11.4 Å². The molecule has 0 bridgehead atoms. The van der Waals surface area contributed by atoms with Crippen LogP contribution in [0.25, 0.3) is 11.4 Å². The summed E-state index contributed by atoms with van der Waals surface area (Å²) < 4.78 is 4.32. The number of hydrogen-bond donors (Lipinski definition) is 2. The van der Waals surface area contributed by atoms with Gasteiger partial charge in [-0.05, 0) is 30.7 Å². The van der Waals surface area contributed by atoms with Gasteiger partial charge in [0.05, 0.1) is 6.10 Å². The highest BCUT2D eigenvalue weighted by Gasteiger charge is 2.28. The molecule has 2 aromatic carbocycles. The molecule has 2 amide bonds. The minimum absolute atomic E-state index is 0.156. The maximum absolute atomic E-state index is 12.6. The first-order valence-corrected chi connectivity index (χ1v) is 10.6. The second kappa shape index (κ2) is 9.15. The molecule has 1 atom stereocenters. The Bertz CT molecular complexity index is 924. The summed E-state index contributed by atoms with van der Waals surface area (Å²) in [6.07, 6.45) is 1.88. The van der Waals surface area contributed by atoms with Gasteiger partial charge in [0, 0.05) is 30.2 Å². The van der Waals surface area contributed by atoms with Crippen molar-refractivity contribution in [1.82, 2.24) is 14.3 Å². The Morgan fingerprint density at radius 1 is 1.10 bits per heavy atom. The van der Waals surface area contributed by atoms with E-state index in [1.165, 1.54) is 11.5 Å². The summed E-state index contributed by atoms with van der Waals surface area (Å²) in [6, 6.07) is 19.6. The number of piperidine rings is 1. The summed E-state index contributed by atoms with van der Waals surface area (Å²) in [5, 5.41) is 13.9. The van der Waals surface area contributed by atoms with Gasteiger partial charge >= 0.3 is 6.03 Å². The minimum atomic E-state index is -0.376. The number of carbonyl (C=O) groups excluding carboxylic acids is 1. The van der Waals surface area contributed by atoms with Crippen molar-refractivity contribution in [2.24, 2.45) is 5.92 Å². The molecule has 0 radical (unpaired) electrons. The van der Waals surface area contributed by atoms with Gasteiger partial charge in [0.15, 0.2) is 5.82 Å². The molecule has 1 aromatic heterocycles. The zero-order valence-corrected chi connectivity index (χ0v) is 16.9. The highest BCUT2D eigenvalue weighted by Crippen LogP contribution is 2.25. The lowest BCUT2D eigenvalue weighted by Gasteiger charge is -2.34. The molecule has 6 nitrogen and oxygen atoms in total. The number of likely N-dealkylation sites (tertiary alicyclic amines) is 1. The molecule has 0 unspecified atom stereocenters. The van der Waals surface area contributed by atoms with Crippen LogP contribution in [0.4, 0.5) is 9.93 Å². The number of hydrogen-bond acceptors (Lipinski definition) is 5. The van der Waals surface area contributed by atoms with Crippen molar-refractivity contribution in [3.63, 3.8) is 0 Å². The van der Waals surface area contributed by atoms with E-state index in [1.807, 2.05) is 60.7 Å². The molecule has 1 saturated heterocycles. The van der Waals surface area contributed by atoms with Crippen LogP contribution in [0.2, 0.25) is 0 Å². The smallest absolute Gasteiger partial charge is 0.323 e. The predicted molar refractivity (Wildman–Crippen MR) is 115 cm³/mol. The van der Waals surface area contributed by atoms with Crippen LogP contribution < -0.4 is 5.32 Å². The van der Waals surface area contributed by atoms with E-state index in [4.69, 9.17) is 0 Å². The van der Waals surface area contributed by atoms with Gasteiger partial charge in [0.2, 0.25) is 5.13 Å². The number of anilines is 1. The Hall–Kier alpha value is -2.77. The van der Waals surface area contributed by atoms with Crippen LogP contribution in [-0.4, -0.2) is 44.6 Å². The first-order valence-electron chi connectivity index (χ1n) is 9.86. The number of benzene rings is 2. The number of nitrogens with zero attached hydrogens (tertiary/aromatic N) is 3. The van der Waals surface area contributed by atoms with Crippen LogP contribution in [0.15, 0.2) is 60.7 Å². The van der Waals surface area contributed by atoms with Crippen molar-refractivity contribution in [3.05, 3.63) is 66.2 Å². The highest BCUT2D eigenvalue weighted by atomic mass is 32.1. The standard InChI is InChI=1S/C22H24N4O2S/c27-19(15-16-7-3-1-4-8-16)17-11-13-26(14-12-17)22(28)24-21-23-20(25-29-21)18-9-5-2-6-10-18/h1-10,17,19,27H,11-15H2,(H,23,24,25,28)/t19-/m0/s1. The average Bonchev–Trinajstić information content (AvgIpc) is 3.23. The zero-order chi connectivity index (χ0) is 20.1. The van der Waals surface area contributed by atoms with E-state index in [0.717, 1.165) is 24.0 Å². The molecule has 2 heterocycles. The number of urea groups is 1. The van der Waals surface area contributed by atoms with Crippen LogP contribution in [0.1, 0.15) is 18.4 Å². The normalized spacial score (nSPS) is 15.8. The zero-order valence-electron chi connectivity index (χ0n) is 16.1. The third-order valence-corrected chi connectivity index (χ3v) is 5.96. The number of rotatable bonds is 5. The number of amides is 2. The van der Waals surface area contributed by atoms with Gasteiger partial charge in [-0.3, -0.25) is 5.32 Å². The van der Waals surface area contributed by atoms with Gasteiger partial charge in [0.25, 0.3) is 0 Å². The molecule has 150 valence electrons. The maximum Gasteiger partial charge on any atom is 0.323 e. The SMILES string of the molecule is O=C(Nc1nc(-c2ccccc2)ns1)N1CCC([C@@H](O)Cc2ccccc2)CC1. The Morgan fingerprint density at radius 2 is 1.76 bits per heavy atom. The van der Waals surface area contributed by atoms with E-state index < -0.39 is 0 Å². The van der Waals surface area contributed by atoms with Gasteiger partial charge < -0.3 is 10.0 Å². The second-order valence-electron chi connectivity index (χ2n) is 7.30. The first-order chi connectivity index (χ1) is 14.2. The fourth-order valence-electron chi connectivity index (χ4n) is 3.66. The maximum atomic E-state index is 12.6. The third-order valence-electron chi connectivity index (χ3n) is 5.33. The summed E-state index contributed by atoms with van der Waals surface area (Å²) >= 11 is 1.18. The summed E-state index contributed by atoms with van der Waals surface area (Å²) in [7, 11) is 0. The fourth-order valence-corrected chi connectivity index (χ4v) is 4.24. The van der Waals surface area contributed by atoms with Crippen molar-refractivity contribution < 1.29 is 9.90 Å². The lowest BCUT2D eigenvalue weighted by atomic mass is 9.88. The number of carbonyl (C=O) groups is 1. The molecular weight excluding hydrogens is 384 g/mol. The lowest BCUT2D eigenvalue weighted by molar-refractivity contribution is 0.0689. The predicted octanol–water partition coefficient (Wildman–Crippen LogP) is 4.05. The third kappa shape index (κ3) is 4.99. The summed E-state index contributed by atoms with van der Waals surface area (Å²) in [5.41, 5.74) is 2.07. The van der Waals surface area contributed by atoms with Crippen molar-refractivity contribution in [2.45, 2.75) is 25.4 Å². The summed E-state index contributed by atoms with van der Waals surface area (Å²) in [6.45, 7) is 1.26. The number of aromatic nitrogens is 2. The molecule has 1 fully saturated rings. The molecule has 2 N–H and O–H groups in total. The monoisotopic (exact) mass is 408 g/mol. The summed E-state index contributed by atoms with van der Waals surface area (Å²) in [5.74, 6) is 0.833. The van der Waals surface area contributed by atoms with Gasteiger partial charge in [-0.1, -0.05) is 60.7 Å². The molecule has 0 aliphatic carbocycles. The van der Waals surface area contributed by atoms with E-state index in [9.17, 15) is 9.90 Å². The van der Waals surface area contributed by atoms with E-state index in [2.05, 4.69) is 14.7 Å². The minimum Gasteiger partial charge on any atom is -0.392 e.